The smallest absolute Gasteiger partial charge is 0.332 e. The number of aliphatic hydroxyl groups excluding tert-OH is 1. The third kappa shape index (κ3) is 2.39. The monoisotopic (exact) mass is 330 g/mol. The Balaban J connectivity index is 2.20. The zero-order valence-electron chi connectivity index (χ0n) is 13.3. The first-order chi connectivity index (χ1) is 11.5. The van der Waals surface area contributed by atoms with Gasteiger partial charge in [0.2, 0.25) is 5.95 Å². The quantitative estimate of drug-likeness (QED) is 0.436. The molecule has 0 bridgehead atoms. The zero-order valence-corrected chi connectivity index (χ0v) is 13.3. The Morgan fingerprint density at radius 3 is 2.50 bits per heavy atom. The molecule has 9 nitrogen and oxygen atoms in total. The maximum Gasteiger partial charge on any atom is 0.332 e. The number of imidazole rings is 1. The molecule has 3 rings (SSSR count). The molecule has 0 spiro atoms. The van der Waals surface area contributed by atoms with Gasteiger partial charge < -0.3 is 9.67 Å². The van der Waals surface area contributed by atoms with Gasteiger partial charge in [-0.1, -0.05) is 30.3 Å². The van der Waals surface area contributed by atoms with Crippen LogP contribution in [0, 0.1) is 0 Å². The van der Waals surface area contributed by atoms with Crippen molar-refractivity contribution in [1.29, 1.82) is 0 Å². The molecule has 24 heavy (non-hydrogen) atoms. The number of hydrazine groups is 1. The predicted octanol–water partition coefficient (Wildman–Crippen LogP) is -0.547. The number of nitrogens with one attached hydrogen (secondary N) is 1. The van der Waals surface area contributed by atoms with Crippen molar-refractivity contribution in [3.63, 3.8) is 0 Å². The van der Waals surface area contributed by atoms with Gasteiger partial charge in [0, 0.05) is 14.1 Å². The Labute approximate surface area is 136 Å². The van der Waals surface area contributed by atoms with E-state index in [1.54, 1.807) is 12.1 Å². The highest BCUT2D eigenvalue weighted by molar-refractivity contribution is 5.74. The van der Waals surface area contributed by atoms with E-state index in [1.165, 1.54) is 23.2 Å². The van der Waals surface area contributed by atoms with Gasteiger partial charge in [0.05, 0.1) is 12.6 Å². The maximum atomic E-state index is 12.5. The lowest BCUT2D eigenvalue weighted by molar-refractivity contribution is 0.158. The van der Waals surface area contributed by atoms with Gasteiger partial charge in [-0.05, 0) is 5.56 Å². The number of nitrogen functional groups attached to an aromatic ring is 1. The first-order valence-corrected chi connectivity index (χ1v) is 7.31. The molecular weight excluding hydrogens is 312 g/mol. The molecule has 0 fully saturated rings. The minimum atomic E-state index is -0.863. The van der Waals surface area contributed by atoms with Crippen molar-refractivity contribution in [2.24, 2.45) is 19.9 Å². The summed E-state index contributed by atoms with van der Waals surface area (Å²) >= 11 is 0. The Kier molecular flexibility index (Phi) is 3.96. The van der Waals surface area contributed by atoms with E-state index in [-0.39, 0.29) is 23.7 Å². The fourth-order valence-electron chi connectivity index (χ4n) is 2.69. The summed E-state index contributed by atoms with van der Waals surface area (Å²) in [6.45, 7) is 0.0630. The first-order valence-electron chi connectivity index (χ1n) is 7.31. The van der Waals surface area contributed by atoms with Crippen LogP contribution in [0.5, 0.6) is 0 Å². The second-order valence-corrected chi connectivity index (χ2v) is 5.49. The van der Waals surface area contributed by atoms with Crippen molar-refractivity contribution in [2.75, 3.05) is 5.43 Å². The summed E-state index contributed by atoms with van der Waals surface area (Å²) in [4.78, 5) is 28.7. The number of hydrogen-bond acceptors (Lipinski definition) is 6. The fraction of sp³-hybridized carbons (Fsp3) is 0.267. The topological polar surface area (TPSA) is 120 Å². The second-order valence-electron chi connectivity index (χ2n) is 5.49. The Morgan fingerprint density at radius 2 is 1.88 bits per heavy atom. The lowest BCUT2D eigenvalue weighted by Crippen LogP contribution is -2.37. The van der Waals surface area contributed by atoms with E-state index >= 15 is 0 Å². The van der Waals surface area contributed by atoms with Crippen LogP contribution in [0.1, 0.15) is 11.7 Å². The Morgan fingerprint density at radius 1 is 1.21 bits per heavy atom. The second kappa shape index (κ2) is 5.95. The molecular formula is C15H18N6O3. The molecule has 1 atom stereocenters. The molecule has 0 aliphatic rings. The SMILES string of the molecule is Cn1c(=O)c2c(nc(NN)n2CC(O)c2ccccc2)n(C)c1=O. The molecule has 0 aliphatic carbocycles. The average molecular weight is 330 g/mol. The van der Waals surface area contributed by atoms with Crippen LogP contribution in [0.2, 0.25) is 0 Å². The Hall–Kier alpha value is -2.91. The molecule has 0 aliphatic heterocycles. The van der Waals surface area contributed by atoms with Gasteiger partial charge in [0.1, 0.15) is 0 Å². The summed E-state index contributed by atoms with van der Waals surface area (Å²) in [5.41, 5.74) is 2.53. The first kappa shape index (κ1) is 16.0. The van der Waals surface area contributed by atoms with E-state index in [0.29, 0.717) is 5.56 Å². The number of benzene rings is 1. The maximum absolute atomic E-state index is 12.5. The largest absolute Gasteiger partial charge is 0.387 e. The molecule has 0 radical (unpaired) electrons. The lowest BCUT2D eigenvalue weighted by Gasteiger charge is -2.14. The van der Waals surface area contributed by atoms with E-state index in [9.17, 15) is 14.7 Å². The summed E-state index contributed by atoms with van der Waals surface area (Å²) < 4.78 is 3.74. The number of aryl methyl sites for hydroxylation is 1. The van der Waals surface area contributed by atoms with Gasteiger partial charge in [-0.3, -0.25) is 19.4 Å². The summed E-state index contributed by atoms with van der Waals surface area (Å²) in [6, 6.07) is 9.05. The number of rotatable bonds is 4. The number of nitrogens with two attached hydrogens (primary N) is 1. The van der Waals surface area contributed by atoms with Crippen LogP contribution in [0.3, 0.4) is 0 Å². The van der Waals surface area contributed by atoms with Crippen LogP contribution in [0.15, 0.2) is 39.9 Å². The van der Waals surface area contributed by atoms with E-state index in [1.807, 2.05) is 18.2 Å². The molecule has 3 aromatic rings. The highest BCUT2D eigenvalue weighted by Gasteiger charge is 2.21. The van der Waals surface area contributed by atoms with Crippen LogP contribution in [0.4, 0.5) is 5.95 Å². The minimum Gasteiger partial charge on any atom is -0.387 e. The summed E-state index contributed by atoms with van der Waals surface area (Å²) in [7, 11) is 2.92. The van der Waals surface area contributed by atoms with Crippen molar-refractivity contribution in [3.05, 3.63) is 56.7 Å². The molecule has 0 saturated carbocycles. The molecule has 1 unspecified atom stereocenters. The van der Waals surface area contributed by atoms with Gasteiger partial charge in [0.25, 0.3) is 5.56 Å². The summed E-state index contributed by atoms with van der Waals surface area (Å²) in [6.07, 6.45) is -0.863. The number of hydrogen-bond donors (Lipinski definition) is 3. The van der Waals surface area contributed by atoms with Crippen LogP contribution >= 0.6 is 0 Å². The predicted molar refractivity (Wildman–Crippen MR) is 89.4 cm³/mol. The van der Waals surface area contributed by atoms with Crippen LogP contribution in [-0.4, -0.2) is 23.8 Å². The normalized spacial score (nSPS) is 12.5. The van der Waals surface area contributed by atoms with Crippen molar-refractivity contribution < 1.29 is 5.11 Å². The summed E-state index contributed by atoms with van der Waals surface area (Å²) in [5, 5.41) is 10.5. The standard InChI is InChI=1S/C15H18N6O3/c1-19-12-11(13(23)20(2)15(19)24)21(14(17-12)18-16)8-10(22)9-6-4-3-5-7-9/h3-7,10,22H,8,16H2,1-2H3,(H,17,18). The van der Waals surface area contributed by atoms with Crippen molar-refractivity contribution in [1.82, 2.24) is 18.7 Å². The number of anilines is 1. The highest BCUT2D eigenvalue weighted by atomic mass is 16.3. The molecule has 1 aromatic carbocycles. The van der Waals surface area contributed by atoms with Gasteiger partial charge >= 0.3 is 5.69 Å². The van der Waals surface area contributed by atoms with E-state index in [0.717, 1.165) is 4.57 Å². The highest BCUT2D eigenvalue weighted by Crippen LogP contribution is 2.21. The summed E-state index contributed by atoms with van der Waals surface area (Å²) in [5.74, 6) is 5.69. The molecule has 126 valence electrons. The van der Waals surface area contributed by atoms with Gasteiger partial charge in [-0.15, -0.1) is 0 Å². The zero-order chi connectivity index (χ0) is 17.4. The number of fused-ring (bicyclic) bond motifs is 1. The fourth-order valence-corrected chi connectivity index (χ4v) is 2.69. The van der Waals surface area contributed by atoms with Crippen molar-refractivity contribution in [3.8, 4) is 0 Å². The molecule has 0 amide bonds. The van der Waals surface area contributed by atoms with E-state index in [4.69, 9.17) is 5.84 Å². The lowest BCUT2D eigenvalue weighted by atomic mass is 10.1. The van der Waals surface area contributed by atoms with Crippen LogP contribution in [0.25, 0.3) is 11.2 Å². The molecule has 0 saturated heterocycles. The number of aliphatic hydroxyl groups is 1. The van der Waals surface area contributed by atoms with Gasteiger partial charge in [-0.25, -0.2) is 10.6 Å². The molecule has 2 heterocycles. The third-order valence-electron chi connectivity index (χ3n) is 4.02. The number of aromatic nitrogens is 4. The minimum absolute atomic E-state index is 0.0630. The Bertz CT molecular complexity index is 1000. The van der Waals surface area contributed by atoms with Crippen molar-refractivity contribution in [2.45, 2.75) is 12.6 Å². The molecule has 9 heteroatoms. The van der Waals surface area contributed by atoms with Crippen LogP contribution in [-0.2, 0) is 20.6 Å². The molecule has 2 aromatic heterocycles. The molecule has 4 N–H and O–H groups in total. The van der Waals surface area contributed by atoms with Gasteiger partial charge in [0.15, 0.2) is 11.2 Å². The van der Waals surface area contributed by atoms with E-state index < -0.39 is 17.4 Å². The van der Waals surface area contributed by atoms with E-state index in [2.05, 4.69) is 10.4 Å². The van der Waals surface area contributed by atoms with Crippen LogP contribution < -0.4 is 22.5 Å². The number of nitrogens with zero attached hydrogens (tertiary/aromatic N) is 4. The average Bonchev–Trinajstić information content (AvgIpc) is 2.97. The third-order valence-corrected chi connectivity index (χ3v) is 4.02. The van der Waals surface area contributed by atoms with Crippen molar-refractivity contribution >= 4 is 17.1 Å². The van der Waals surface area contributed by atoms with Gasteiger partial charge in [-0.2, -0.15) is 4.98 Å².